The highest BCUT2D eigenvalue weighted by Gasteiger charge is 2.33. The molecule has 1 atom stereocenters. The smallest absolute Gasteiger partial charge is 0.144 e. The maximum Gasteiger partial charge on any atom is 0.144 e. The number of benzene rings is 3. The van der Waals surface area contributed by atoms with Gasteiger partial charge in [-0.15, -0.1) is 0 Å². The van der Waals surface area contributed by atoms with Crippen LogP contribution in [0.4, 0.5) is 0 Å². The number of methoxy groups -OCH3 is 1. The predicted molar refractivity (Wildman–Crippen MR) is 113 cm³/mol. The molecule has 0 amide bonds. The zero-order valence-electron chi connectivity index (χ0n) is 17.0. The molecule has 0 radical (unpaired) electrons. The maximum atomic E-state index is 6.51. The van der Waals surface area contributed by atoms with Crippen LogP contribution in [0.2, 0.25) is 0 Å². The molecule has 1 heterocycles. The number of hydrogen-bond acceptors (Lipinski definition) is 2. The van der Waals surface area contributed by atoms with Crippen molar-refractivity contribution in [2.75, 3.05) is 27.7 Å². The third-order valence-corrected chi connectivity index (χ3v) is 5.11. The van der Waals surface area contributed by atoms with E-state index in [9.17, 15) is 0 Å². The third kappa shape index (κ3) is 4.16. The molecule has 0 saturated heterocycles. The van der Waals surface area contributed by atoms with Gasteiger partial charge in [-0.05, 0) is 23.8 Å². The van der Waals surface area contributed by atoms with E-state index in [1.54, 1.807) is 7.11 Å². The molecule has 0 saturated carbocycles. The van der Waals surface area contributed by atoms with Gasteiger partial charge in [-0.1, -0.05) is 60.7 Å². The van der Waals surface area contributed by atoms with E-state index >= 15 is 0 Å². The summed E-state index contributed by atoms with van der Waals surface area (Å²) in [5.74, 6) is 2.80. The van der Waals surface area contributed by atoms with Gasteiger partial charge in [0, 0.05) is 17.1 Å². The Hall–Kier alpha value is -2.75. The lowest BCUT2D eigenvalue weighted by Gasteiger charge is -2.32. The lowest BCUT2D eigenvalue weighted by molar-refractivity contribution is -0.853. The summed E-state index contributed by atoms with van der Waals surface area (Å²) in [6, 6.07) is 27.1. The molecule has 0 aliphatic carbocycles. The van der Waals surface area contributed by atoms with Gasteiger partial charge in [-0.25, -0.2) is 0 Å². The third-order valence-electron chi connectivity index (χ3n) is 5.11. The van der Waals surface area contributed by atoms with E-state index in [1.807, 2.05) is 24.3 Å². The molecule has 1 aliphatic heterocycles. The fourth-order valence-corrected chi connectivity index (χ4v) is 3.96. The molecular weight excluding hydrogens is 382 g/mol. The van der Waals surface area contributed by atoms with Crippen molar-refractivity contribution in [3.05, 3.63) is 101 Å². The normalized spacial score (nSPS) is 15.4. The van der Waals surface area contributed by atoms with Crippen LogP contribution in [0, 0.1) is 0 Å². The molecule has 150 valence electrons. The van der Waals surface area contributed by atoms with Gasteiger partial charge in [0.2, 0.25) is 0 Å². The summed E-state index contributed by atoms with van der Waals surface area (Å²) in [7, 11) is 6.06. The monoisotopic (exact) mass is 407 g/mol. The highest BCUT2D eigenvalue weighted by Crippen LogP contribution is 2.46. The van der Waals surface area contributed by atoms with Crippen molar-refractivity contribution in [2.45, 2.75) is 5.92 Å². The molecule has 1 aliphatic rings. The molecule has 1 unspecified atom stereocenters. The minimum Gasteiger partial charge on any atom is -1.00 e. The molecule has 0 spiro atoms. The minimum atomic E-state index is 0. The van der Waals surface area contributed by atoms with Crippen molar-refractivity contribution in [2.24, 2.45) is 0 Å². The number of ether oxygens (including phenoxy) is 2. The Balaban J connectivity index is 0.00000240. The van der Waals surface area contributed by atoms with Crippen molar-refractivity contribution in [3.8, 4) is 11.5 Å². The van der Waals surface area contributed by atoms with Crippen LogP contribution in [-0.4, -0.2) is 27.7 Å². The molecular formula is C25H26ClNO2. The summed E-state index contributed by atoms with van der Waals surface area (Å²) in [6.45, 7) is 0.876. The van der Waals surface area contributed by atoms with Crippen LogP contribution in [0.1, 0.15) is 22.6 Å². The molecule has 3 nitrogen and oxygen atoms in total. The lowest BCUT2D eigenvalue weighted by Crippen LogP contribution is -3.06. The zero-order chi connectivity index (χ0) is 19.5. The SMILES string of the molecule is COc1ccccc1C1=C(C[NH+](C)C)C(c2ccccc2)c2ccccc2O1.[Cl-]. The Morgan fingerprint density at radius 2 is 1.52 bits per heavy atom. The van der Waals surface area contributed by atoms with Gasteiger partial charge in [0.25, 0.3) is 0 Å². The average Bonchev–Trinajstić information content (AvgIpc) is 2.73. The maximum absolute atomic E-state index is 6.51. The Morgan fingerprint density at radius 3 is 2.24 bits per heavy atom. The number of nitrogens with one attached hydrogen (secondary N) is 1. The number of quaternary nitrogens is 1. The van der Waals surface area contributed by atoms with Crippen LogP contribution >= 0.6 is 0 Å². The zero-order valence-corrected chi connectivity index (χ0v) is 17.7. The quantitative estimate of drug-likeness (QED) is 0.675. The van der Waals surface area contributed by atoms with Gasteiger partial charge >= 0.3 is 0 Å². The number of hydrogen-bond donors (Lipinski definition) is 1. The molecule has 3 aromatic rings. The van der Waals surface area contributed by atoms with Gasteiger partial charge in [0.15, 0.2) is 0 Å². The summed E-state index contributed by atoms with van der Waals surface area (Å²) in [6.07, 6.45) is 0. The second kappa shape index (κ2) is 9.17. The number of likely N-dealkylation sites (N-methyl/N-ethyl adjacent to an activating group) is 1. The number of rotatable bonds is 5. The van der Waals surface area contributed by atoms with Crippen molar-refractivity contribution in [1.29, 1.82) is 0 Å². The number of para-hydroxylation sites is 2. The molecule has 4 rings (SSSR count). The van der Waals surface area contributed by atoms with Gasteiger partial charge in [0.1, 0.15) is 23.8 Å². The molecule has 0 bridgehead atoms. The molecule has 4 heteroatoms. The second-order valence-corrected chi connectivity index (χ2v) is 7.42. The van der Waals surface area contributed by atoms with Crippen LogP contribution < -0.4 is 26.8 Å². The Kier molecular flexibility index (Phi) is 6.63. The topological polar surface area (TPSA) is 22.9 Å². The summed E-state index contributed by atoms with van der Waals surface area (Å²) in [5.41, 5.74) is 4.76. The van der Waals surface area contributed by atoms with Gasteiger partial charge in [-0.3, -0.25) is 0 Å². The standard InChI is InChI=1S/C25H25NO2.ClH/c1-26(2)17-21-24(18-11-5-4-6-12-18)19-13-7-10-16-23(19)28-25(21)20-14-8-9-15-22(20)27-3;/h4-16,24H,17H2,1-3H3;1H. The predicted octanol–water partition coefficient (Wildman–Crippen LogP) is 0.779. The number of halogens is 1. The molecule has 0 aromatic heterocycles. The first-order chi connectivity index (χ1) is 13.7. The van der Waals surface area contributed by atoms with Gasteiger partial charge < -0.3 is 26.8 Å². The average molecular weight is 408 g/mol. The van der Waals surface area contributed by atoms with Crippen LogP contribution in [0.25, 0.3) is 5.76 Å². The fraction of sp³-hybridized carbons (Fsp3) is 0.200. The van der Waals surface area contributed by atoms with E-state index < -0.39 is 0 Å². The van der Waals surface area contributed by atoms with Crippen molar-refractivity contribution in [1.82, 2.24) is 0 Å². The van der Waals surface area contributed by atoms with E-state index in [2.05, 4.69) is 68.7 Å². The molecule has 29 heavy (non-hydrogen) atoms. The highest BCUT2D eigenvalue weighted by molar-refractivity contribution is 5.75. The van der Waals surface area contributed by atoms with Crippen LogP contribution in [0.5, 0.6) is 11.5 Å². The summed E-state index contributed by atoms with van der Waals surface area (Å²) in [4.78, 5) is 1.35. The second-order valence-electron chi connectivity index (χ2n) is 7.42. The Labute approximate surface area is 179 Å². The van der Waals surface area contributed by atoms with Crippen LogP contribution in [-0.2, 0) is 0 Å². The van der Waals surface area contributed by atoms with Gasteiger partial charge in [-0.2, -0.15) is 0 Å². The Morgan fingerprint density at radius 1 is 0.862 bits per heavy atom. The molecule has 3 aromatic carbocycles. The molecule has 1 N–H and O–H groups in total. The largest absolute Gasteiger partial charge is 1.00 e. The first-order valence-electron chi connectivity index (χ1n) is 9.66. The van der Waals surface area contributed by atoms with Crippen LogP contribution in [0.15, 0.2) is 84.4 Å². The lowest BCUT2D eigenvalue weighted by atomic mass is 9.81. The van der Waals surface area contributed by atoms with Crippen LogP contribution in [0.3, 0.4) is 0 Å². The summed E-state index contributed by atoms with van der Waals surface area (Å²) >= 11 is 0. The van der Waals surface area contributed by atoms with E-state index in [4.69, 9.17) is 9.47 Å². The van der Waals surface area contributed by atoms with E-state index in [0.29, 0.717) is 0 Å². The fourth-order valence-electron chi connectivity index (χ4n) is 3.96. The van der Waals surface area contributed by atoms with E-state index in [0.717, 1.165) is 29.4 Å². The summed E-state index contributed by atoms with van der Waals surface area (Å²) in [5, 5.41) is 0. The van der Waals surface area contributed by atoms with Crippen molar-refractivity contribution >= 4 is 5.76 Å². The van der Waals surface area contributed by atoms with E-state index in [-0.39, 0.29) is 18.3 Å². The van der Waals surface area contributed by atoms with E-state index in [1.165, 1.54) is 21.6 Å². The Bertz CT molecular complexity index is 998. The minimum absolute atomic E-state index is 0. The number of fused-ring (bicyclic) bond motifs is 1. The first kappa shape index (κ1) is 21.0. The summed E-state index contributed by atoms with van der Waals surface area (Å²) < 4.78 is 12.2. The van der Waals surface area contributed by atoms with Gasteiger partial charge in [0.05, 0.1) is 26.8 Å². The molecule has 0 fully saturated rings. The van der Waals surface area contributed by atoms with Crippen molar-refractivity contribution < 1.29 is 26.8 Å². The first-order valence-corrected chi connectivity index (χ1v) is 9.66. The van der Waals surface area contributed by atoms with Crippen molar-refractivity contribution in [3.63, 3.8) is 0 Å². The highest BCUT2D eigenvalue weighted by atomic mass is 35.5.